The maximum Gasteiger partial charge on any atom is 0.280 e. The van der Waals surface area contributed by atoms with Gasteiger partial charge in [-0.2, -0.15) is 15.0 Å². The Balaban J connectivity index is 2.00. The predicted molar refractivity (Wildman–Crippen MR) is 105 cm³/mol. The number of anilines is 3. The first-order valence-electron chi connectivity index (χ1n) is 8.98. The molecule has 0 saturated heterocycles. The summed E-state index contributed by atoms with van der Waals surface area (Å²) in [6, 6.07) is 3.10. The molecule has 0 spiro atoms. The summed E-state index contributed by atoms with van der Waals surface area (Å²) in [5.41, 5.74) is 2.20. The number of rotatable bonds is 5. The second kappa shape index (κ2) is 8.32. The number of hydrogen-bond donors (Lipinski definition) is 3. The van der Waals surface area contributed by atoms with Gasteiger partial charge in [0, 0.05) is 23.9 Å². The zero-order chi connectivity index (χ0) is 22.1. The molecule has 8 nitrogen and oxygen atoms in total. The summed E-state index contributed by atoms with van der Waals surface area (Å²) in [7, 11) is 0. The van der Waals surface area contributed by atoms with Crippen molar-refractivity contribution >= 4 is 34.8 Å². The van der Waals surface area contributed by atoms with E-state index in [1.807, 2.05) is 0 Å². The number of aliphatic hydroxyl groups is 1. The number of nitrogens with zero attached hydrogens (tertiary/aromatic N) is 4. The van der Waals surface area contributed by atoms with Crippen molar-refractivity contribution in [2.75, 3.05) is 10.8 Å². The molecule has 0 amide bonds. The van der Waals surface area contributed by atoms with Crippen LogP contribution in [0, 0.1) is 0 Å². The zero-order valence-corrected chi connectivity index (χ0v) is 17.1. The molecule has 1 atom stereocenters. The van der Waals surface area contributed by atoms with E-state index in [4.69, 9.17) is 16.4 Å². The molecule has 1 aliphatic carbocycles. The molecule has 1 aliphatic rings. The molecular weight excluding hydrogens is 425 g/mol. The molecule has 162 valence electrons. The van der Waals surface area contributed by atoms with E-state index in [1.54, 1.807) is 26.8 Å². The highest BCUT2D eigenvalue weighted by Crippen LogP contribution is 2.41. The number of nitrogens with one attached hydrogen (secondary N) is 2. The summed E-state index contributed by atoms with van der Waals surface area (Å²) < 4.78 is 41.8. The largest absolute Gasteiger partial charge is 0.380 e. The molecule has 1 unspecified atom stereocenters. The van der Waals surface area contributed by atoms with Gasteiger partial charge in [-0.1, -0.05) is 11.6 Å². The van der Waals surface area contributed by atoms with Crippen LogP contribution >= 0.6 is 11.6 Å². The van der Waals surface area contributed by atoms with E-state index in [0.29, 0.717) is 5.69 Å². The first-order chi connectivity index (χ1) is 13.9. The smallest absolute Gasteiger partial charge is 0.280 e. The summed E-state index contributed by atoms with van der Waals surface area (Å²) in [5, 5.41) is 12.7. The van der Waals surface area contributed by atoms with Gasteiger partial charge in [0.15, 0.2) is 11.9 Å². The summed E-state index contributed by atoms with van der Waals surface area (Å²) in [6.07, 6.45) is -2.21. The van der Waals surface area contributed by atoms with Crippen molar-refractivity contribution in [2.45, 2.75) is 51.2 Å². The number of hydrogen-bond acceptors (Lipinski definition) is 8. The van der Waals surface area contributed by atoms with Gasteiger partial charge in [0.05, 0.1) is 5.60 Å². The third kappa shape index (κ3) is 5.35. The minimum atomic E-state index is -3.56. The van der Waals surface area contributed by atoms with Gasteiger partial charge in [-0.3, -0.25) is 4.84 Å². The van der Waals surface area contributed by atoms with Crippen molar-refractivity contribution in [3.8, 4) is 0 Å². The van der Waals surface area contributed by atoms with Crippen molar-refractivity contribution in [3.05, 3.63) is 35.1 Å². The van der Waals surface area contributed by atoms with E-state index < -0.39 is 29.9 Å². The molecule has 2 aromatic heterocycles. The van der Waals surface area contributed by atoms with Crippen LogP contribution in [0.2, 0.25) is 5.15 Å². The minimum Gasteiger partial charge on any atom is -0.380 e. The third-order valence-corrected chi connectivity index (χ3v) is 4.18. The number of alkyl halides is 2. The molecule has 2 aromatic rings. The summed E-state index contributed by atoms with van der Waals surface area (Å²) >= 11 is 5.86. The van der Waals surface area contributed by atoms with Gasteiger partial charge in [0.25, 0.3) is 11.9 Å². The van der Waals surface area contributed by atoms with Crippen LogP contribution in [0.3, 0.4) is 0 Å². The lowest BCUT2D eigenvalue weighted by atomic mass is 9.92. The van der Waals surface area contributed by atoms with E-state index >= 15 is 0 Å². The lowest BCUT2D eigenvalue weighted by molar-refractivity contribution is -0.107. The van der Waals surface area contributed by atoms with Gasteiger partial charge in [0.1, 0.15) is 11.0 Å². The second-order valence-electron chi connectivity index (χ2n) is 7.61. The number of aromatic nitrogens is 4. The van der Waals surface area contributed by atoms with Crippen LogP contribution < -0.4 is 10.8 Å². The zero-order valence-electron chi connectivity index (χ0n) is 16.4. The second-order valence-corrected chi connectivity index (χ2v) is 7.99. The molecule has 12 heteroatoms. The average Bonchev–Trinajstić information content (AvgIpc) is 2.64. The van der Waals surface area contributed by atoms with E-state index in [2.05, 4.69) is 30.7 Å². The van der Waals surface area contributed by atoms with Crippen molar-refractivity contribution in [2.24, 2.45) is 0 Å². The summed E-state index contributed by atoms with van der Waals surface area (Å²) in [6.45, 7) is 5.34. The monoisotopic (exact) mass is 444 g/mol. The van der Waals surface area contributed by atoms with Crippen LogP contribution in [0.5, 0.6) is 0 Å². The van der Waals surface area contributed by atoms with Crippen molar-refractivity contribution in [1.29, 1.82) is 0 Å². The van der Waals surface area contributed by atoms with Gasteiger partial charge in [-0.25, -0.2) is 23.6 Å². The van der Waals surface area contributed by atoms with Gasteiger partial charge in [-0.15, -0.1) is 0 Å². The molecule has 0 radical (unpaired) electrons. The Bertz CT molecular complexity index is 967. The molecule has 0 saturated carbocycles. The topological polar surface area (TPSA) is 105 Å². The molecule has 0 bridgehead atoms. The Morgan fingerprint density at radius 3 is 2.60 bits per heavy atom. The maximum absolute atomic E-state index is 14.5. The average molecular weight is 445 g/mol. The van der Waals surface area contributed by atoms with Crippen molar-refractivity contribution in [3.63, 3.8) is 0 Å². The number of allylic oxidation sites excluding steroid dienone is 1. The van der Waals surface area contributed by atoms with Gasteiger partial charge in [0.2, 0.25) is 5.95 Å². The van der Waals surface area contributed by atoms with Crippen LogP contribution in [0.4, 0.5) is 30.8 Å². The molecule has 0 fully saturated rings. The number of halogens is 4. The van der Waals surface area contributed by atoms with E-state index in [9.17, 15) is 18.3 Å². The first kappa shape index (κ1) is 22.2. The van der Waals surface area contributed by atoms with E-state index in [-0.39, 0.29) is 34.9 Å². The Morgan fingerprint density at radius 2 is 1.93 bits per heavy atom. The van der Waals surface area contributed by atoms with E-state index in [1.165, 1.54) is 12.3 Å². The SMILES string of the molecule is CC(C)(C)ONc1nc(Nc2ccnc(Cl)c2)nc(C2=C(F)C(O)C(F)(F)CC2)n1. The van der Waals surface area contributed by atoms with Crippen molar-refractivity contribution in [1.82, 2.24) is 19.9 Å². The maximum atomic E-state index is 14.5. The van der Waals surface area contributed by atoms with Gasteiger partial charge in [-0.05, 0) is 39.3 Å². The van der Waals surface area contributed by atoms with Crippen LogP contribution in [0.1, 0.15) is 39.4 Å². The summed E-state index contributed by atoms with van der Waals surface area (Å²) in [5.74, 6) is -5.25. The Morgan fingerprint density at radius 1 is 1.23 bits per heavy atom. The highest BCUT2D eigenvalue weighted by molar-refractivity contribution is 6.29. The predicted octanol–water partition coefficient (Wildman–Crippen LogP) is 4.28. The van der Waals surface area contributed by atoms with Gasteiger partial charge >= 0.3 is 0 Å². The quantitative estimate of drug-likeness (QED) is 0.463. The van der Waals surface area contributed by atoms with E-state index in [0.717, 1.165) is 0 Å². The van der Waals surface area contributed by atoms with Crippen LogP contribution in [-0.2, 0) is 4.84 Å². The fraction of sp³-hybridized carbons (Fsp3) is 0.444. The molecule has 0 aliphatic heterocycles. The first-order valence-corrected chi connectivity index (χ1v) is 9.36. The molecular formula is C18H20ClF3N6O2. The molecule has 3 rings (SSSR count). The van der Waals surface area contributed by atoms with Crippen molar-refractivity contribution < 1.29 is 23.1 Å². The number of pyridine rings is 1. The number of aliphatic hydroxyl groups excluding tert-OH is 1. The normalized spacial score (nSPS) is 19.0. The Hall–Kier alpha value is -2.50. The summed E-state index contributed by atoms with van der Waals surface area (Å²) in [4.78, 5) is 21.6. The van der Waals surface area contributed by atoms with Crippen LogP contribution in [0.15, 0.2) is 24.2 Å². The van der Waals surface area contributed by atoms with Gasteiger partial charge < -0.3 is 10.4 Å². The van der Waals surface area contributed by atoms with Crippen LogP contribution in [0.25, 0.3) is 5.57 Å². The molecule has 3 N–H and O–H groups in total. The Kier molecular flexibility index (Phi) is 6.16. The lowest BCUT2D eigenvalue weighted by Crippen LogP contribution is -2.37. The lowest BCUT2D eigenvalue weighted by Gasteiger charge is -2.27. The molecule has 0 aromatic carbocycles. The minimum absolute atomic E-state index is 0.0191. The molecule has 30 heavy (non-hydrogen) atoms. The third-order valence-electron chi connectivity index (χ3n) is 3.97. The fourth-order valence-electron chi connectivity index (χ4n) is 2.54. The molecule has 2 heterocycles. The highest BCUT2D eigenvalue weighted by atomic mass is 35.5. The standard InChI is InChI=1S/C18H20ClF3N6O2/c1-17(2,3)30-28-16-26-14(10-4-6-18(21,22)13(29)12(10)20)25-15(27-16)24-9-5-7-23-11(19)8-9/h5,7-8,13,29H,4,6H2,1-3H3,(H2,23,24,25,26,27,28). The van der Waals surface area contributed by atoms with Crippen LogP contribution in [-0.4, -0.2) is 42.7 Å². The highest BCUT2D eigenvalue weighted by Gasteiger charge is 2.46. The Labute approximate surface area is 175 Å². The fourth-order valence-corrected chi connectivity index (χ4v) is 2.71.